The first kappa shape index (κ1) is 10.6. The van der Waals surface area contributed by atoms with Gasteiger partial charge in [0.2, 0.25) is 0 Å². The summed E-state index contributed by atoms with van der Waals surface area (Å²) in [5, 5.41) is 9.37. The maximum Gasteiger partial charge on any atom is 0.182 e. The highest BCUT2D eigenvalue weighted by Gasteiger charge is 2.31. The predicted octanol–water partition coefficient (Wildman–Crippen LogP) is 1.70. The van der Waals surface area contributed by atoms with Gasteiger partial charge in [-0.3, -0.25) is 4.79 Å². The van der Waals surface area contributed by atoms with Gasteiger partial charge in [-0.1, -0.05) is 15.9 Å². The molecule has 1 aromatic carbocycles. The van der Waals surface area contributed by atoms with Gasteiger partial charge >= 0.3 is 0 Å². The molecule has 0 saturated heterocycles. The van der Waals surface area contributed by atoms with Gasteiger partial charge in [-0.05, 0) is 25.1 Å². The van der Waals surface area contributed by atoms with Gasteiger partial charge < -0.3 is 9.84 Å². The van der Waals surface area contributed by atoms with Crippen molar-refractivity contribution in [2.75, 3.05) is 0 Å². The second-order valence-corrected chi connectivity index (χ2v) is 4.59. The van der Waals surface area contributed by atoms with E-state index in [1.54, 1.807) is 13.0 Å². The summed E-state index contributed by atoms with van der Waals surface area (Å²) in [7, 11) is 0. The fraction of sp³-hybridized carbons (Fsp3) is 0.364. The third-order valence-electron chi connectivity index (χ3n) is 2.40. The molecule has 0 aromatic heterocycles. The van der Waals surface area contributed by atoms with E-state index in [1.165, 1.54) is 0 Å². The van der Waals surface area contributed by atoms with Crippen LogP contribution in [0, 0.1) is 0 Å². The van der Waals surface area contributed by atoms with Crippen molar-refractivity contribution in [3.8, 4) is 5.75 Å². The SMILES string of the molecule is C[C@H](O)[C@H]1Oc2ccc(Br)cc2CC1=O. The lowest BCUT2D eigenvalue weighted by Crippen LogP contribution is -2.41. The summed E-state index contributed by atoms with van der Waals surface area (Å²) < 4.78 is 6.36. The molecule has 2 atom stereocenters. The standard InChI is InChI=1S/C11H11BrO3/c1-6(13)11-9(14)5-7-4-8(12)2-3-10(7)15-11/h2-4,6,11,13H,5H2,1H3/t6-,11+/m0/s1. The van der Waals surface area contributed by atoms with Crippen LogP contribution in [0.5, 0.6) is 5.75 Å². The van der Waals surface area contributed by atoms with Gasteiger partial charge in [0.15, 0.2) is 11.9 Å². The number of rotatable bonds is 1. The van der Waals surface area contributed by atoms with Crippen LogP contribution in [0.4, 0.5) is 0 Å². The number of aliphatic hydroxyl groups excluding tert-OH is 1. The third-order valence-corrected chi connectivity index (χ3v) is 2.89. The Morgan fingerprint density at radius 3 is 3.00 bits per heavy atom. The molecule has 15 heavy (non-hydrogen) atoms. The number of ketones is 1. The molecule has 2 rings (SSSR count). The lowest BCUT2D eigenvalue weighted by Gasteiger charge is -2.26. The highest BCUT2D eigenvalue weighted by atomic mass is 79.9. The maximum atomic E-state index is 11.6. The van der Waals surface area contributed by atoms with Crippen LogP contribution in [-0.4, -0.2) is 23.1 Å². The molecule has 1 aromatic rings. The molecule has 1 aliphatic heterocycles. The maximum absolute atomic E-state index is 11.6. The average Bonchev–Trinajstić information content (AvgIpc) is 2.15. The number of ether oxygens (including phenoxy) is 1. The summed E-state index contributed by atoms with van der Waals surface area (Å²) >= 11 is 3.34. The molecule has 0 radical (unpaired) electrons. The van der Waals surface area contributed by atoms with E-state index in [0.717, 1.165) is 10.0 Å². The molecular weight excluding hydrogens is 260 g/mol. The molecular formula is C11H11BrO3. The number of carbonyl (C=O) groups excluding carboxylic acids is 1. The van der Waals surface area contributed by atoms with E-state index in [-0.39, 0.29) is 5.78 Å². The monoisotopic (exact) mass is 270 g/mol. The van der Waals surface area contributed by atoms with E-state index in [9.17, 15) is 9.90 Å². The minimum atomic E-state index is -0.769. The third kappa shape index (κ3) is 2.06. The summed E-state index contributed by atoms with van der Waals surface area (Å²) in [5.74, 6) is 0.610. The second-order valence-electron chi connectivity index (χ2n) is 3.67. The number of benzene rings is 1. The zero-order valence-electron chi connectivity index (χ0n) is 8.24. The first-order chi connectivity index (χ1) is 7.08. The van der Waals surface area contributed by atoms with Gasteiger partial charge in [0.05, 0.1) is 6.10 Å². The number of hydrogen-bond donors (Lipinski definition) is 1. The second kappa shape index (κ2) is 3.94. The number of Topliss-reactive ketones (excluding diaryl/α,β-unsaturated/α-hetero) is 1. The molecule has 0 unspecified atom stereocenters. The van der Waals surface area contributed by atoms with Gasteiger partial charge in [0, 0.05) is 16.5 Å². The summed E-state index contributed by atoms with van der Waals surface area (Å²) in [6.45, 7) is 1.56. The molecule has 0 spiro atoms. The summed E-state index contributed by atoms with van der Waals surface area (Å²) in [6, 6.07) is 5.53. The van der Waals surface area contributed by atoms with Gasteiger partial charge in [-0.2, -0.15) is 0 Å². The minimum Gasteiger partial charge on any atom is -0.480 e. The normalized spacial score (nSPS) is 21.8. The number of halogens is 1. The average molecular weight is 271 g/mol. The Kier molecular flexibility index (Phi) is 2.80. The van der Waals surface area contributed by atoms with Crippen molar-refractivity contribution in [1.82, 2.24) is 0 Å². The molecule has 1 aliphatic rings. The largest absolute Gasteiger partial charge is 0.480 e. The van der Waals surface area contributed by atoms with Crippen LogP contribution >= 0.6 is 15.9 Å². The summed E-state index contributed by atoms with van der Waals surface area (Å²) in [4.78, 5) is 11.6. The molecule has 0 fully saturated rings. The van der Waals surface area contributed by atoms with Crippen LogP contribution in [0.15, 0.2) is 22.7 Å². The number of aliphatic hydroxyl groups is 1. The predicted molar refractivity (Wildman–Crippen MR) is 58.9 cm³/mol. The van der Waals surface area contributed by atoms with Crippen molar-refractivity contribution < 1.29 is 14.6 Å². The van der Waals surface area contributed by atoms with Crippen molar-refractivity contribution in [3.05, 3.63) is 28.2 Å². The smallest absolute Gasteiger partial charge is 0.182 e. The lowest BCUT2D eigenvalue weighted by atomic mass is 9.98. The Hall–Kier alpha value is -0.870. The van der Waals surface area contributed by atoms with Gasteiger partial charge in [-0.25, -0.2) is 0 Å². The van der Waals surface area contributed by atoms with E-state index in [0.29, 0.717) is 12.2 Å². The van der Waals surface area contributed by atoms with Crippen LogP contribution < -0.4 is 4.74 Å². The Labute approximate surface area is 96.2 Å². The molecule has 4 heteroatoms. The quantitative estimate of drug-likeness (QED) is 0.845. The van der Waals surface area contributed by atoms with Crippen LogP contribution in [0.1, 0.15) is 12.5 Å². The Morgan fingerprint density at radius 2 is 2.33 bits per heavy atom. The van der Waals surface area contributed by atoms with Crippen molar-refractivity contribution in [3.63, 3.8) is 0 Å². The molecule has 3 nitrogen and oxygen atoms in total. The zero-order chi connectivity index (χ0) is 11.0. The zero-order valence-corrected chi connectivity index (χ0v) is 9.82. The first-order valence-electron chi connectivity index (χ1n) is 4.74. The molecule has 80 valence electrons. The molecule has 0 aliphatic carbocycles. The van der Waals surface area contributed by atoms with Crippen LogP contribution in [0.2, 0.25) is 0 Å². The molecule has 0 amide bonds. The fourth-order valence-electron chi connectivity index (χ4n) is 1.66. The fourth-order valence-corrected chi connectivity index (χ4v) is 2.07. The van der Waals surface area contributed by atoms with Crippen LogP contribution in [0.3, 0.4) is 0 Å². The number of hydrogen-bond acceptors (Lipinski definition) is 3. The minimum absolute atomic E-state index is 0.0735. The summed E-state index contributed by atoms with van der Waals surface area (Å²) in [5.41, 5.74) is 0.867. The Balaban J connectivity index is 2.34. The molecule has 1 heterocycles. The highest BCUT2D eigenvalue weighted by molar-refractivity contribution is 9.10. The van der Waals surface area contributed by atoms with E-state index >= 15 is 0 Å². The van der Waals surface area contributed by atoms with E-state index in [2.05, 4.69) is 15.9 Å². The Bertz CT molecular complexity index is 401. The van der Waals surface area contributed by atoms with Crippen LogP contribution in [0.25, 0.3) is 0 Å². The van der Waals surface area contributed by atoms with E-state index in [1.807, 2.05) is 12.1 Å². The molecule has 0 bridgehead atoms. The molecule has 1 N–H and O–H groups in total. The van der Waals surface area contributed by atoms with Crippen molar-refractivity contribution in [2.45, 2.75) is 25.6 Å². The number of fused-ring (bicyclic) bond motifs is 1. The summed E-state index contributed by atoms with van der Waals surface area (Å²) in [6.07, 6.45) is -1.17. The van der Waals surface area contributed by atoms with Crippen molar-refractivity contribution in [1.29, 1.82) is 0 Å². The topological polar surface area (TPSA) is 46.5 Å². The van der Waals surface area contributed by atoms with E-state index in [4.69, 9.17) is 4.74 Å². The Morgan fingerprint density at radius 1 is 1.60 bits per heavy atom. The van der Waals surface area contributed by atoms with Crippen molar-refractivity contribution >= 4 is 21.7 Å². The van der Waals surface area contributed by atoms with Crippen molar-refractivity contribution in [2.24, 2.45) is 0 Å². The van der Waals surface area contributed by atoms with E-state index < -0.39 is 12.2 Å². The highest BCUT2D eigenvalue weighted by Crippen LogP contribution is 2.29. The molecule has 0 saturated carbocycles. The first-order valence-corrected chi connectivity index (χ1v) is 5.53. The van der Waals surface area contributed by atoms with Crippen LogP contribution in [-0.2, 0) is 11.2 Å². The number of carbonyl (C=O) groups is 1. The lowest BCUT2D eigenvalue weighted by molar-refractivity contribution is -0.131. The van der Waals surface area contributed by atoms with Gasteiger partial charge in [0.25, 0.3) is 0 Å². The van der Waals surface area contributed by atoms with Gasteiger partial charge in [0.1, 0.15) is 5.75 Å². The van der Waals surface area contributed by atoms with Gasteiger partial charge in [-0.15, -0.1) is 0 Å².